The summed E-state index contributed by atoms with van der Waals surface area (Å²) in [6, 6.07) is 0.169. The van der Waals surface area contributed by atoms with E-state index in [-0.39, 0.29) is 6.04 Å². The van der Waals surface area contributed by atoms with Crippen LogP contribution in [0.1, 0.15) is 43.9 Å². The van der Waals surface area contributed by atoms with Crippen LogP contribution in [0.4, 0.5) is 0 Å². The molecule has 2 heterocycles. The van der Waals surface area contributed by atoms with Gasteiger partial charge in [-0.3, -0.25) is 0 Å². The van der Waals surface area contributed by atoms with E-state index in [0.29, 0.717) is 11.8 Å². The highest BCUT2D eigenvalue weighted by atomic mass is 16.5. The average Bonchev–Trinajstić information content (AvgIpc) is 2.70. The third-order valence-corrected chi connectivity index (χ3v) is 2.36. The minimum atomic E-state index is 0.169. The first-order valence-electron chi connectivity index (χ1n) is 4.90. The molecule has 4 heteroatoms. The van der Waals surface area contributed by atoms with Gasteiger partial charge in [-0.2, -0.15) is 4.98 Å². The normalized spacial score (nSPS) is 22.2. The van der Waals surface area contributed by atoms with Crippen molar-refractivity contribution in [2.75, 3.05) is 6.54 Å². The summed E-state index contributed by atoms with van der Waals surface area (Å²) in [6.07, 6.45) is 0.903. The molecule has 4 nitrogen and oxygen atoms in total. The Bertz CT molecular complexity index is 343. The molecule has 1 atom stereocenters. The van der Waals surface area contributed by atoms with Gasteiger partial charge in [-0.25, -0.2) is 0 Å². The van der Waals surface area contributed by atoms with E-state index in [9.17, 15) is 0 Å². The molecule has 1 saturated heterocycles. The molecule has 76 valence electrons. The minimum Gasteiger partial charge on any atom is -0.338 e. The second kappa shape index (κ2) is 3.53. The van der Waals surface area contributed by atoms with E-state index in [0.717, 1.165) is 18.8 Å². The monoisotopic (exact) mass is 193 g/mol. The summed E-state index contributed by atoms with van der Waals surface area (Å²) in [5, 5.41) is 7.21. The van der Waals surface area contributed by atoms with E-state index in [4.69, 9.17) is 4.52 Å². The molecule has 1 aromatic rings. The van der Waals surface area contributed by atoms with Crippen LogP contribution in [0.3, 0.4) is 0 Å². The largest absolute Gasteiger partial charge is 0.338 e. The molecular weight excluding hydrogens is 178 g/mol. The average molecular weight is 193 g/mol. The molecule has 0 saturated carbocycles. The second-order valence-corrected chi connectivity index (χ2v) is 4.03. The first-order chi connectivity index (χ1) is 6.66. The van der Waals surface area contributed by atoms with Gasteiger partial charge >= 0.3 is 0 Å². The molecular formula is C10H15N3O. The summed E-state index contributed by atoms with van der Waals surface area (Å²) in [6.45, 7) is 8.87. The molecule has 0 amide bonds. The molecule has 1 aliphatic rings. The first-order valence-corrected chi connectivity index (χ1v) is 4.90. The van der Waals surface area contributed by atoms with Crippen LogP contribution in [-0.4, -0.2) is 16.7 Å². The zero-order chi connectivity index (χ0) is 10.1. The molecule has 1 aromatic heterocycles. The van der Waals surface area contributed by atoms with Gasteiger partial charge in [-0.05, 0) is 6.42 Å². The molecule has 0 unspecified atom stereocenters. The molecule has 0 spiro atoms. The third-order valence-electron chi connectivity index (χ3n) is 2.36. The Morgan fingerprint density at radius 1 is 1.57 bits per heavy atom. The van der Waals surface area contributed by atoms with Crippen LogP contribution in [0.2, 0.25) is 0 Å². The van der Waals surface area contributed by atoms with Gasteiger partial charge in [0.05, 0.1) is 6.04 Å². The molecule has 1 fully saturated rings. The Morgan fingerprint density at radius 2 is 2.36 bits per heavy atom. The van der Waals surface area contributed by atoms with Crippen molar-refractivity contribution in [3.05, 3.63) is 23.9 Å². The fourth-order valence-electron chi connectivity index (χ4n) is 1.50. The lowest BCUT2D eigenvalue weighted by Gasteiger charge is -2.01. The maximum atomic E-state index is 5.19. The van der Waals surface area contributed by atoms with Crippen LogP contribution >= 0.6 is 0 Å². The number of nitrogens with one attached hydrogen (secondary N) is 1. The summed E-state index contributed by atoms with van der Waals surface area (Å²) in [5.74, 6) is 1.78. The third kappa shape index (κ3) is 1.70. The fourth-order valence-corrected chi connectivity index (χ4v) is 1.50. The van der Waals surface area contributed by atoms with E-state index in [2.05, 4.69) is 35.9 Å². The summed E-state index contributed by atoms with van der Waals surface area (Å²) in [7, 11) is 0. The Morgan fingerprint density at radius 3 is 2.86 bits per heavy atom. The number of rotatable bonds is 2. The van der Waals surface area contributed by atoms with Crippen molar-refractivity contribution in [1.82, 2.24) is 15.5 Å². The fraction of sp³-hybridized carbons (Fsp3) is 0.600. The lowest BCUT2D eigenvalue weighted by molar-refractivity contribution is 0.341. The molecule has 0 aromatic carbocycles. The predicted octanol–water partition coefficient (Wildman–Crippen LogP) is 1.78. The Kier molecular flexibility index (Phi) is 2.37. The molecule has 1 N–H and O–H groups in total. The van der Waals surface area contributed by atoms with Crippen LogP contribution in [0, 0.1) is 0 Å². The van der Waals surface area contributed by atoms with Crippen molar-refractivity contribution >= 4 is 0 Å². The van der Waals surface area contributed by atoms with Crippen molar-refractivity contribution in [3.63, 3.8) is 0 Å². The van der Waals surface area contributed by atoms with Crippen molar-refractivity contribution in [2.45, 2.75) is 32.2 Å². The van der Waals surface area contributed by atoms with Crippen LogP contribution in [0.15, 0.2) is 16.7 Å². The quantitative estimate of drug-likeness (QED) is 0.727. The lowest BCUT2D eigenvalue weighted by Crippen LogP contribution is -2.13. The number of aromatic nitrogens is 2. The van der Waals surface area contributed by atoms with E-state index >= 15 is 0 Å². The lowest BCUT2D eigenvalue weighted by atomic mass is 10.2. The maximum absolute atomic E-state index is 5.19. The van der Waals surface area contributed by atoms with Gasteiger partial charge in [0.15, 0.2) is 5.82 Å². The molecule has 0 radical (unpaired) electrons. The van der Waals surface area contributed by atoms with Crippen LogP contribution in [0.5, 0.6) is 0 Å². The summed E-state index contributed by atoms with van der Waals surface area (Å²) in [4.78, 5) is 4.34. The van der Waals surface area contributed by atoms with E-state index in [1.807, 2.05) is 0 Å². The smallest absolute Gasteiger partial charge is 0.244 e. The summed E-state index contributed by atoms with van der Waals surface area (Å²) < 4.78 is 5.19. The first kappa shape index (κ1) is 9.40. The molecule has 2 rings (SSSR count). The van der Waals surface area contributed by atoms with Crippen LogP contribution in [-0.2, 0) is 0 Å². The highest BCUT2D eigenvalue weighted by Crippen LogP contribution is 2.25. The standard InChI is InChI=1S/C10H15N3O/c1-6(2)9-12-10(14-13-9)8-4-7(3)5-11-8/h6,8,11H,3-5H2,1-2H3/t8-/m0/s1. The Balaban J connectivity index is 2.13. The van der Waals surface area contributed by atoms with Gasteiger partial charge in [0.2, 0.25) is 5.89 Å². The Labute approximate surface area is 83.4 Å². The van der Waals surface area contributed by atoms with Gasteiger partial charge in [0, 0.05) is 12.5 Å². The van der Waals surface area contributed by atoms with Crippen molar-refractivity contribution < 1.29 is 4.52 Å². The highest BCUT2D eigenvalue weighted by molar-refractivity contribution is 5.11. The van der Waals surface area contributed by atoms with Crippen molar-refractivity contribution in [2.24, 2.45) is 0 Å². The van der Waals surface area contributed by atoms with Gasteiger partial charge in [0.1, 0.15) is 0 Å². The number of nitrogens with zero attached hydrogens (tertiary/aromatic N) is 2. The maximum Gasteiger partial charge on any atom is 0.244 e. The topological polar surface area (TPSA) is 51.0 Å². The number of hydrogen-bond acceptors (Lipinski definition) is 4. The van der Waals surface area contributed by atoms with Crippen LogP contribution < -0.4 is 5.32 Å². The van der Waals surface area contributed by atoms with Gasteiger partial charge < -0.3 is 9.84 Å². The second-order valence-electron chi connectivity index (χ2n) is 4.03. The SMILES string of the molecule is C=C1CN[C@H](c2nc(C(C)C)no2)C1. The number of hydrogen-bond donors (Lipinski definition) is 1. The molecule has 0 bridgehead atoms. The zero-order valence-electron chi connectivity index (χ0n) is 8.58. The van der Waals surface area contributed by atoms with E-state index in [1.54, 1.807) is 0 Å². The summed E-state index contributed by atoms with van der Waals surface area (Å²) in [5.41, 5.74) is 1.19. The minimum absolute atomic E-state index is 0.169. The molecule has 1 aliphatic heterocycles. The van der Waals surface area contributed by atoms with Gasteiger partial charge in [-0.15, -0.1) is 0 Å². The zero-order valence-corrected chi connectivity index (χ0v) is 8.58. The summed E-state index contributed by atoms with van der Waals surface area (Å²) >= 11 is 0. The highest BCUT2D eigenvalue weighted by Gasteiger charge is 2.24. The Hall–Kier alpha value is -1.16. The van der Waals surface area contributed by atoms with Gasteiger partial charge in [-0.1, -0.05) is 31.2 Å². The van der Waals surface area contributed by atoms with Crippen molar-refractivity contribution in [3.8, 4) is 0 Å². The van der Waals surface area contributed by atoms with Gasteiger partial charge in [0.25, 0.3) is 0 Å². The molecule has 14 heavy (non-hydrogen) atoms. The van der Waals surface area contributed by atoms with E-state index in [1.165, 1.54) is 5.57 Å². The molecule has 0 aliphatic carbocycles. The van der Waals surface area contributed by atoms with Crippen LogP contribution in [0.25, 0.3) is 0 Å². The predicted molar refractivity (Wildman–Crippen MR) is 52.9 cm³/mol. The van der Waals surface area contributed by atoms with E-state index < -0.39 is 0 Å². The van der Waals surface area contributed by atoms with Crippen molar-refractivity contribution in [1.29, 1.82) is 0 Å².